The van der Waals surface area contributed by atoms with Crippen molar-refractivity contribution in [1.82, 2.24) is 5.32 Å². The van der Waals surface area contributed by atoms with Crippen molar-refractivity contribution in [3.8, 4) is 0 Å². The smallest absolute Gasteiger partial charge is 0.305 e. The van der Waals surface area contributed by atoms with Gasteiger partial charge in [-0.15, -0.1) is 0 Å². The van der Waals surface area contributed by atoms with E-state index in [1.807, 2.05) is 13.8 Å². The van der Waals surface area contributed by atoms with Gasteiger partial charge in [0.1, 0.15) is 0 Å². The minimum absolute atomic E-state index is 0.186. The zero-order valence-corrected chi connectivity index (χ0v) is 14.3. The number of rotatable bonds is 10. The van der Waals surface area contributed by atoms with Crippen LogP contribution in [-0.4, -0.2) is 41.7 Å². The number of carbonyl (C=O) groups excluding carboxylic acids is 4. The second-order valence-electron chi connectivity index (χ2n) is 5.38. The normalized spacial score (nSPS) is 13.3. The zero-order chi connectivity index (χ0) is 17.1. The van der Waals surface area contributed by atoms with Crippen molar-refractivity contribution >= 4 is 35.0 Å². The summed E-state index contributed by atoms with van der Waals surface area (Å²) in [4.78, 5) is 45.4. The Labute approximate surface area is 135 Å². The first-order chi connectivity index (χ1) is 10.3. The summed E-state index contributed by atoms with van der Waals surface area (Å²) in [5, 5.41) is 1.80. The third-order valence-corrected chi connectivity index (χ3v) is 3.91. The van der Waals surface area contributed by atoms with Crippen LogP contribution >= 0.6 is 11.8 Å². The molecule has 2 atom stereocenters. The summed E-state index contributed by atoms with van der Waals surface area (Å²) in [6, 6.07) is -0.678. The molecule has 22 heavy (non-hydrogen) atoms. The zero-order valence-electron chi connectivity index (χ0n) is 13.5. The Hall–Kier alpha value is -1.37. The highest BCUT2D eigenvalue weighted by atomic mass is 32.2. The topological polar surface area (TPSA) is 89.5 Å². The number of nitrogens with one attached hydrogen (secondary N) is 1. The fourth-order valence-electron chi connectivity index (χ4n) is 1.85. The van der Waals surface area contributed by atoms with Crippen molar-refractivity contribution in [2.75, 3.05) is 7.11 Å². The minimum Gasteiger partial charge on any atom is -0.469 e. The van der Waals surface area contributed by atoms with Crippen molar-refractivity contribution in [3.05, 3.63) is 0 Å². The Morgan fingerprint density at radius 2 is 1.91 bits per heavy atom. The molecule has 1 amide bonds. The van der Waals surface area contributed by atoms with E-state index in [0.29, 0.717) is 19.3 Å². The van der Waals surface area contributed by atoms with Gasteiger partial charge in [0.2, 0.25) is 12.2 Å². The summed E-state index contributed by atoms with van der Waals surface area (Å²) in [7, 11) is 1.30. The van der Waals surface area contributed by atoms with Gasteiger partial charge in [0.25, 0.3) is 0 Å². The molecule has 1 N–H and O–H groups in total. The quantitative estimate of drug-likeness (QED) is 0.612. The summed E-state index contributed by atoms with van der Waals surface area (Å²) in [6.45, 7) is 5.26. The summed E-state index contributed by atoms with van der Waals surface area (Å²) >= 11 is 0.905. The average molecular weight is 330 g/mol. The van der Waals surface area contributed by atoms with Crippen LogP contribution in [0.25, 0.3) is 0 Å². The number of amides is 1. The van der Waals surface area contributed by atoms with E-state index in [2.05, 4.69) is 10.1 Å². The fourth-order valence-corrected chi connectivity index (χ4v) is 2.71. The van der Waals surface area contributed by atoms with Gasteiger partial charge in [-0.05, 0) is 25.2 Å². The lowest BCUT2D eigenvalue weighted by molar-refractivity contribution is -0.140. The second kappa shape index (κ2) is 11.2. The van der Waals surface area contributed by atoms with E-state index in [-0.39, 0.29) is 29.3 Å². The minimum atomic E-state index is -0.678. The van der Waals surface area contributed by atoms with Crippen LogP contribution < -0.4 is 5.32 Å². The van der Waals surface area contributed by atoms with Gasteiger partial charge in [-0.2, -0.15) is 0 Å². The Balaban J connectivity index is 4.58. The molecule has 0 saturated carbocycles. The number of carbonyl (C=O) groups is 3. The lowest BCUT2D eigenvalue weighted by atomic mass is 10.0. The third-order valence-electron chi connectivity index (χ3n) is 2.84. The molecule has 0 aromatic rings. The van der Waals surface area contributed by atoms with Crippen LogP contribution in [0.15, 0.2) is 0 Å². The predicted octanol–water partition coefficient (Wildman–Crippen LogP) is 1.62. The summed E-state index contributed by atoms with van der Waals surface area (Å²) < 4.78 is 4.53. The molecule has 0 spiro atoms. The first-order valence-electron chi connectivity index (χ1n) is 7.22. The Kier molecular flexibility index (Phi) is 10.5. The standard InChI is InChI=1S/C15H24NO5S/c1-10(2)8-12(9-17)16-15(20)13(22-11(3)18)6-5-7-14(19)21-4/h10,12-13H,5-8H2,1-4H3,(H,16,20)/t12-,13?/m0/s1. The van der Waals surface area contributed by atoms with Gasteiger partial charge >= 0.3 is 5.97 Å². The van der Waals surface area contributed by atoms with Gasteiger partial charge in [0.05, 0.1) is 18.4 Å². The molecule has 1 unspecified atom stereocenters. The molecule has 0 fully saturated rings. The van der Waals surface area contributed by atoms with E-state index in [9.17, 15) is 19.2 Å². The Bertz CT molecular complexity index is 397. The molecule has 125 valence electrons. The van der Waals surface area contributed by atoms with Gasteiger partial charge in [0.15, 0.2) is 5.12 Å². The van der Waals surface area contributed by atoms with E-state index in [1.54, 1.807) is 6.29 Å². The van der Waals surface area contributed by atoms with E-state index in [4.69, 9.17) is 0 Å². The second-order valence-corrected chi connectivity index (χ2v) is 6.75. The van der Waals surface area contributed by atoms with Crippen molar-refractivity contribution in [3.63, 3.8) is 0 Å². The van der Waals surface area contributed by atoms with Crippen LogP contribution in [0.1, 0.15) is 46.5 Å². The molecule has 0 aliphatic carbocycles. The molecule has 0 aliphatic heterocycles. The number of hydrogen-bond donors (Lipinski definition) is 1. The van der Waals surface area contributed by atoms with Crippen molar-refractivity contribution in [2.24, 2.45) is 5.92 Å². The number of esters is 1. The van der Waals surface area contributed by atoms with E-state index in [1.165, 1.54) is 14.0 Å². The first-order valence-corrected chi connectivity index (χ1v) is 8.10. The lowest BCUT2D eigenvalue weighted by Gasteiger charge is -2.19. The predicted molar refractivity (Wildman–Crippen MR) is 85.0 cm³/mol. The number of thioether (sulfide) groups is 1. The molecule has 6 nitrogen and oxygen atoms in total. The molecular weight excluding hydrogens is 306 g/mol. The number of methoxy groups -OCH3 is 1. The maximum atomic E-state index is 12.2. The van der Waals surface area contributed by atoms with Gasteiger partial charge in [-0.25, -0.2) is 0 Å². The summed E-state index contributed by atoms with van der Waals surface area (Å²) in [5.41, 5.74) is 0. The van der Waals surface area contributed by atoms with E-state index >= 15 is 0 Å². The highest BCUT2D eigenvalue weighted by Gasteiger charge is 2.24. The fraction of sp³-hybridized carbons (Fsp3) is 0.733. The van der Waals surface area contributed by atoms with Crippen molar-refractivity contribution < 1.29 is 23.9 Å². The maximum absolute atomic E-state index is 12.2. The van der Waals surface area contributed by atoms with Gasteiger partial charge in [-0.1, -0.05) is 25.6 Å². The van der Waals surface area contributed by atoms with Gasteiger partial charge in [-0.3, -0.25) is 19.2 Å². The number of ether oxygens (including phenoxy) is 1. The molecule has 0 heterocycles. The van der Waals surface area contributed by atoms with Crippen LogP contribution in [0.4, 0.5) is 0 Å². The largest absolute Gasteiger partial charge is 0.469 e. The third kappa shape index (κ3) is 9.55. The van der Waals surface area contributed by atoms with Gasteiger partial charge < -0.3 is 10.1 Å². The van der Waals surface area contributed by atoms with Crippen molar-refractivity contribution in [1.29, 1.82) is 0 Å². The van der Waals surface area contributed by atoms with Crippen LogP contribution in [-0.2, 0) is 23.9 Å². The van der Waals surface area contributed by atoms with Crippen LogP contribution in [0.5, 0.6) is 0 Å². The highest BCUT2D eigenvalue weighted by Crippen LogP contribution is 2.19. The first kappa shape index (κ1) is 20.6. The monoisotopic (exact) mass is 330 g/mol. The highest BCUT2D eigenvalue weighted by molar-refractivity contribution is 8.14. The molecule has 0 aromatic carbocycles. The molecular formula is C15H24NO5S. The molecule has 0 rings (SSSR count). The van der Waals surface area contributed by atoms with Gasteiger partial charge in [0, 0.05) is 13.3 Å². The number of hydrogen-bond acceptors (Lipinski definition) is 6. The average Bonchev–Trinajstić information content (AvgIpc) is 2.44. The SMILES string of the molecule is COC(=O)CCCC(SC(C)=O)C(=O)N[C@H]([C]=O)CC(C)C. The molecule has 1 radical (unpaired) electrons. The van der Waals surface area contributed by atoms with Crippen LogP contribution in [0.3, 0.4) is 0 Å². The lowest BCUT2D eigenvalue weighted by Crippen LogP contribution is -2.42. The van der Waals surface area contributed by atoms with E-state index in [0.717, 1.165) is 11.8 Å². The summed E-state index contributed by atoms with van der Waals surface area (Å²) in [5.74, 6) is -0.491. The molecule has 0 saturated heterocycles. The maximum Gasteiger partial charge on any atom is 0.305 e. The molecule has 0 aliphatic rings. The molecule has 0 bridgehead atoms. The van der Waals surface area contributed by atoms with Crippen LogP contribution in [0.2, 0.25) is 0 Å². The van der Waals surface area contributed by atoms with Crippen molar-refractivity contribution in [2.45, 2.75) is 57.7 Å². The Morgan fingerprint density at radius 1 is 1.27 bits per heavy atom. The van der Waals surface area contributed by atoms with E-state index < -0.39 is 11.3 Å². The Morgan fingerprint density at radius 3 is 2.36 bits per heavy atom. The summed E-state index contributed by atoms with van der Waals surface area (Å²) in [6.07, 6.45) is 3.28. The van der Waals surface area contributed by atoms with Crippen LogP contribution in [0, 0.1) is 5.92 Å². The molecule has 0 aromatic heterocycles. The molecule has 7 heteroatoms.